The Morgan fingerprint density at radius 1 is 1.05 bits per heavy atom. The van der Waals surface area contributed by atoms with Crippen LogP contribution in [0.25, 0.3) is 39.1 Å². The van der Waals surface area contributed by atoms with E-state index in [2.05, 4.69) is 5.32 Å². The van der Waals surface area contributed by atoms with Crippen LogP contribution in [-0.2, 0) is 4.74 Å². The molecule has 2 aromatic heterocycles. The molecule has 37 heavy (non-hydrogen) atoms. The number of nitrogens with one attached hydrogen (secondary N) is 1. The van der Waals surface area contributed by atoms with Gasteiger partial charge in [0.15, 0.2) is 0 Å². The molecule has 2 aromatic carbocycles. The average Bonchev–Trinajstić information content (AvgIpc) is 3.25. The molecule has 0 saturated heterocycles. The van der Waals surface area contributed by atoms with E-state index >= 15 is 0 Å². The van der Waals surface area contributed by atoms with Crippen LogP contribution in [0.2, 0.25) is 0 Å². The van der Waals surface area contributed by atoms with Crippen LogP contribution in [0.15, 0.2) is 65.1 Å². The molecule has 6 nitrogen and oxygen atoms in total. The fourth-order valence-electron chi connectivity index (χ4n) is 3.99. The number of amides is 1. The highest BCUT2D eigenvalue weighted by Crippen LogP contribution is 2.38. The number of halogens is 1. The lowest BCUT2D eigenvalue weighted by Gasteiger charge is -2.19. The molecular formula is C30H29FN2O4. The number of pyridine rings is 1. The summed E-state index contributed by atoms with van der Waals surface area (Å²) in [6, 6.07) is 14.7. The second kappa shape index (κ2) is 10.0. The molecule has 7 heteroatoms. The Hall–Kier alpha value is -4.26. The van der Waals surface area contributed by atoms with Gasteiger partial charge < -0.3 is 14.5 Å². The van der Waals surface area contributed by atoms with Crippen molar-refractivity contribution in [1.82, 2.24) is 10.3 Å². The number of benzene rings is 2. The number of ether oxygens (including phenoxy) is 1. The molecule has 2 heterocycles. The molecule has 0 aliphatic carbocycles. The van der Waals surface area contributed by atoms with Gasteiger partial charge in [0.2, 0.25) is 5.71 Å². The topological polar surface area (TPSA) is 81.4 Å². The molecule has 0 atom stereocenters. The van der Waals surface area contributed by atoms with Crippen molar-refractivity contribution in [3.8, 4) is 22.5 Å². The molecule has 0 aliphatic rings. The Balaban J connectivity index is 1.97. The third-order valence-electron chi connectivity index (χ3n) is 5.86. The quantitative estimate of drug-likeness (QED) is 0.297. The Labute approximate surface area is 215 Å². The van der Waals surface area contributed by atoms with E-state index in [0.717, 1.165) is 16.7 Å². The van der Waals surface area contributed by atoms with Crippen molar-refractivity contribution in [2.75, 3.05) is 7.05 Å². The van der Waals surface area contributed by atoms with E-state index in [1.165, 1.54) is 19.2 Å². The summed E-state index contributed by atoms with van der Waals surface area (Å²) in [6.07, 6.45) is 1.93. The fraction of sp³-hybridized carbons (Fsp3) is 0.233. The van der Waals surface area contributed by atoms with Crippen LogP contribution in [-0.4, -0.2) is 29.5 Å². The van der Waals surface area contributed by atoms with Crippen LogP contribution < -0.4 is 5.32 Å². The van der Waals surface area contributed by atoms with Crippen LogP contribution in [0.4, 0.5) is 4.39 Å². The summed E-state index contributed by atoms with van der Waals surface area (Å²) in [5.74, 6) is -0.882. The van der Waals surface area contributed by atoms with Crippen molar-refractivity contribution < 1.29 is 23.1 Å². The van der Waals surface area contributed by atoms with E-state index < -0.39 is 17.4 Å². The molecule has 4 aromatic rings. The minimum atomic E-state index is -0.629. The van der Waals surface area contributed by atoms with E-state index in [9.17, 15) is 14.0 Å². The first-order valence-corrected chi connectivity index (χ1v) is 11.9. The van der Waals surface area contributed by atoms with Gasteiger partial charge in [-0.05, 0) is 88.2 Å². The first-order chi connectivity index (χ1) is 17.5. The van der Waals surface area contributed by atoms with Gasteiger partial charge in [0.05, 0.1) is 22.2 Å². The normalized spacial score (nSPS) is 12.0. The van der Waals surface area contributed by atoms with Gasteiger partial charge in [-0.2, -0.15) is 0 Å². The van der Waals surface area contributed by atoms with Crippen LogP contribution in [0.3, 0.4) is 0 Å². The minimum Gasteiger partial charge on any atom is -0.456 e. The van der Waals surface area contributed by atoms with Gasteiger partial charge >= 0.3 is 5.97 Å². The molecule has 0 fully saturated rings. The minimum absolute atomic E-state index is 0.279. The van der Waals surface area contributed by atoms with Gasteiger partial charge in [0.1, 0.15) is 17.2 Å². The zero-order valence-corrected chi connectivity index (χ0v) is 21.7. The SMILES string of the molecule is C/C=C(/C)c1nc2oc(-c3ccc(F)cc3)c(C(=O)NC)c2cc1-c1cccc(C(=O)OC(C)(C)C)c1. The Kier molecular flexibility index (Phi) is 6.99. The molecular weight excluding hydrogens is 471 g/mol. The predicted octanol–water partition coefficient (Wildman–Crippen LogP) is 7.04. The fourth-order valence-corrected chi connectivity index (χ4v) is 3.99. The molecule has 1 N–H and O–H groups in total. The third kappa shape index (κ3) is 5.31. The van der Waals surface area contributed by atoms with Crippen molar-refractivity contribution in [3.63, 3.8) is 0 Å². The Morgan fingerprint density at radius 3 is 2.38 bits per heavy atom. The van der Waals surface area contributed by atoms with Crippen LogP contribution in [0.1, 0.15) is 61.0 Å². The number of esters is 1. The monoisotopic (exact) mass is 500 g/mol. The number of nitrogens with zero attached hydrogens (tertiary/aromatic N) is 1. The van der Waals surface area contributed by atoms with E-state index in [1.807, 2.05) is 52.8 Å². The predicted molar refractivity (Wildman–Crippen MR) is 143 cm³/mol. The van der Waals surface area contributed by atoms with E-state index in [4.69, 9.17) is 14.1 Å². The van der Waals surface area contributed by atoms with E-state index in [-0.39, 0.29) is 11.6 Å². The lowest BCUT2D eigenvalue weighted by atomic mass is 9.96. The van der Waals surface area contributed by atoms with Gasteiger partial charge in [0, 0.05) is 18.2 Å². The highest BCUT2D eigenvalue weighted by atomic mass is 19.1. The standard InChI is InChI=1S/C30H29FN2O4/c1-7-17(2)25-22(19-9-8-10-20(15-19)29(35)37-30(3,4)5)16-23-24(27(34)32-6)26(36-28(23)33-25)18-11-13-21(31)14-12-18/h7-16H,1-6H3,(H,32,34)/b17-7-. The summed E-state index contributed by atoms with van der Waals surface area (Å²) in [5.41, 5.74) is 3.91. The number of carbonyl (C=O) groups is 2. The van der Waals surface area contributed by atoms with Crippen LogP contribution in [0.5, 0.6) is 0 Å². The Bertz CT molecular complexity index is 1530. The first kappa shape index (κ1) is 25.8. The number of carbonyl (C=O) groups excluding carboxylic acids is 2. The molecule has 0 radical (unpaired) electrons. The zero-order valence-electron chi connectivity index (χ0n) is 21.7. The zero-order chi connectivity index (χ0) is 26.9. The molecule has 0 bridgehead atoms. The van der Waals surface area contributed by atoms with Crippen molar-refractivity contribution >= 4 is 28.5 Å². The third-order valence-corrected chi connectivity index (χ3v) is 5.86. The van der Waals surface area contributed by atoms with Crippen molar-refractivity contribution in [1.29, 1.82) is 0 Å². The lowest BCUT2D eigenvalue weighted by Crippen LogP contribution is -2.23. The van der Waals surface area contributed by atoms with E-state index in [0.29, 0.717) is 33.5 Å². The highest BCUT2D eigenvalue weighted by Gasteiger charge is 2.25. The highest BCUT2D eigenvalue weighted by molar-refractivity contribution is 6.11. The molecule has 0 saturated carbocycles. The number of allylic oxidation sites excluding steroid dienone is 2. The number of aromatic nitrogens is 1. The smallest absolute Gasteiger partial charge is 0.338 e. The van der Waals surface area contributed by atoms with E-state index in [1.54, 1.807) is 30.3 Å². The van der Waals surface area contributed by atoms with Gasteiger partial charge in [-0.1, -0.05) is 18.2 Å². The van der Waals surface area contributed by atoms with Crippen molar-refractivity contribution in [3.05, 3.63) is 83.3 Å². The molecule has 0 unspecified atom stereocenters. The summed E-state index contributed by atoms with van der Waals surface area (Å²) < 4.78 is 25.2. The molecule has 4 rings (SSSR count). The first-order valence-electron chi connectivity index (χ1n) is 11.9. The van der Waals surface area contributed by atoms with Gasteiger partial charge in [-0.3, -0.25) is 4.79 Å². The summed E-state index contributed by atoms with van der Waals surface area (Å²) >= 11 is 0. The maximum atomic E-state index is 13.6. The molecule has 1 amide bonds. The summed E-state index contributed by atoms with van der Waals surface area (Å²) in [6.45, 7) is 9.29. The lowest BCUT2D eigenvalue weighted by molar-refractivity contribution is 0.00694. The number of fused-ring (bicyclic) bond motifs is 1. The van der Waals surface area contributed by atoms with Gasteiger partial charge in [-0.15, -0.1) is 0 Å². The van der Waals surface area contributed by atoms with Crippen LogP contribution in [0, 0.1) is 5.82 Å². The number of hydrogen-bond donors (Lipinski definition) is 1. The van der Waals surface area contributed by atoms with Gasteiger partial charge in [-0.25, -0.2) is 14.2 Å². The second-order valence-electron chi connectivity index (χ2n) is 9.68. The largest absolute Gasteiger partial charge is 0.456 e. The molecule has 190 valence electrons. The Morgan fingerprint density at radius 2 is 1.76 bits per heavy atom. The number of furan rings is 1. The average molecular weight is 501 g/mol. The van der Waals surface area contributed by atoms with Crippen LogP contribution >= 0.6 is 0 Å². The maximum Gasteiger partial charge on any atom is 0.338 e. The maximum absolute atomic E-state index is 13.6. The summed E-state index contributed by atoms with van der Waals surface area (Å²) in [4.78, 5) is 30.5. The summed E-state index contributed by atoms with van der Waals surface area (Å²) in [5, 5.41) is 3.16. The summed E-state index contributed by atoms with van der Waals surface area (Å²) in [7, 11) is 1.53. The van der Waals surface area contributed by atoms with Crippen molar-refractivity contribution in [2.45, 2.75) is 40.2 Å². The molecule has 0 spiro atoms. The number of hydrogen-bond acceptors (Lipinski definition) is 5. The second-order valence-corrected chi connectivity index (χ2v) is 9.68. The molecule has 0 aliphatic heterocycles. The number of rotatable bonds is 5. The van der Waals surface area contributed by atoms with Gasteiger partial charge in [0.25, 0.3) is 5.91 Å². The van der Waals surface area contributed by atoms with Crippen molar-refractivity contribution in [2.24, 2.45) is 0 Å².